The van der Waals surface area contributed by atoms with Crippen LogP contribution in [0.25, 0.3) is 0 Å². The highest BCUT2D eigenvalue weighted by molar-refractivity contribution is 9.09. The van der Waals surface area contributed by atoms with Crippen LogP contribution >= 0.6 is 15.9 Å². The Kier molecular flexibility index (Phi) is 6.20. The highest BCUT2D eigenvalue weighted by Crippen LogP contribution is 2.09. The molecular weight excluding hydrogens is 262 g/mol. The zero-order chi connectivity index (χ0) is 12.1. The maximum absolute atomic E-state index is 11.2. The van der Waals surface area contributed by atoms with E-state index in [-0.39, 0.29) is 6.10 Å². The average Bonchev–Trinajstić information content (AvgIpc) is 2.01. The average molecular weight is 282 g/mol. The van der Waals surface area contributed by atoms with Gasteiger partial charge in [-0.25, -0.2) is 4.79 Å². The van der Waals surface area contributed by atoms with Gasteiger partial charge in [-0.15, -0.1) is 0 Å². The van der Waals surface area contributed by atoms with Crippen molar-refractivity contribution in [2.24, 2.45) is 5.92 Å². The second-order valence-electron chi connectivity index (χ2n) is 4.66. The smallest absolute Gasteiger partial charge is 0.431 e. The molecule has 0 aromatic heterocycles. The molecule has 0 heterocycles. The van der Waals surface area contributed by atoms with Gasteiger partial charge in [-0.2, -0.15) is 5.48 Å². The summed E-state index contributed by atoms with van der Waals surface area (Å²) in [6.07, 6.45) is -0.619. The van der Waals surface area contributed by atoms with Crippen LogP contribution in [0, 0.1) is 5.92 Å². The Hall–Kier alpha value is -0.290. The highest BCUT2D eigenvalue weighted by atomic mass is 79.9. The molecule has 0 aromatic carbocycles. The molecular formula is C10H20BrNO3. The maximum Gasteiger partial charge on any atom is 0.431 e. The van der Waals surface area contributed by atoms with Crippen molar-refractivity contribution in [3.63, 3.8) is 0 Å². The summed E-state index contributed by atoms with van der Waals surface area (Å²) in [7, 11) is 0. The Morgan fingerprint density at radius 3 is 2.27 bits per heavy atom. The van der Waals surface area contributed by atoms with Gasteiger partial charge >= 0.3 is 6.09 Å². The van der Waals surface area contributed by atoms with Crippen molar-refractivity contribution in [2.75, 3.05) is 5.33 Å². The molecule has 4 nitrogen and oxygen atoms in total. The van der Waals surface area contributed by atoms with Crippen LogP contribution in [0.3, 0.4) is 0 Å². The standard InChI is InChI=1S/C10H20BrNO3/c1-7(2)8(6-11)15-12-9(13)14-10(3,4)5/h7-8H,6H2,1-5H3,(H,12,13)/t8-/m1/s1. The van der Waals surface area contributed by atoms with Gasteiger partial charge in [-0.3, -0.25) is 4.84 Å². The third-order valence-corrected chi connectivity index (χ3v) is 2.23. The molecule has 0 aromatic rings. The second-order valence-corrected chi connectivity index (χ2v) is 5.31. The predicted octanol–water partition coefficient (Wildman–Crippen LogP) is 2.86. The van der Waals surface area contributed by atoms with Crippen molar-refractivity contribution in [2.45, 2.75) is 46.3 Å². The first-order chi connectivity index (χ1) is 6.76. The number of hydrogen-bond donors (Lipinski definition) is 1. The van der Waals surface area contributed by atoms with E-state index in [2.05, 4.69) is 21.4 Å². The minimum absolute atomic E-state index is 0.0579. The number of amides is 1. The van der Waals surface area contributed by atoms with E-state index in [9.17, 15) is 4.79 Å². The van der Waals surface area contributed by atoms with E-state index in [4.69, 9.17) is 9.57 Å². The number of alkyl halides is 1. The summed E-state index contributed by atoms with van der Waals surface area (Å²) in [5, 5.41) is 0.667. The van der Waals surface area contributed by atoms with Crippen molar-refractivity contribution in [3.8, 4) is 0 Å². The van der Waals surface area contributed by atoms with Crippen LogP contribution in [0.2, 0.25) is 0 Å². The molecule has 1 N–H and O–H groups in total. The zero-order valence-corrected chi connectivity index (χ0v) is 11.6. The van der Waals surface area contributed by atoms with Gasteiger partial charge in [0.15, 0.2) is 0 Å². The number of halogens is 1. The minimum atomic E-state index is -0.561. The maximum atomic E-state index is 11.2. The van der Waals surface area contributed by atoms with Crippen LogP contribution in [0.4, 0.5) is 4.79 Å². The first kappa shape index (κ1) is 14.7. The van der Waals surface area contributed by atoms with Gasteiger partial charge in [-0.05, 0) is 26.7 Å². The molecule has 0 rings (SSSR count). The van der Waals surface area contributed by atoms with Crippen molar-refractivity contribution in [3.05, 3.63) is 0 Å². The summed E-state index contributed by atoms with van der Waals surface area (Å²) in [5.74, 6) is 0.319. The number of rotatable bonds is 4. The first-order valence-corrected chi connectivity index (χ1v) is 6.09. The number of carbonyl (C=O) groups is 1. The summed E-state index contributed by atoms with van der Waals surface area (Å²) >= 11 is 3.31. The van der Waals surface area contributed by atoms with Crippen LogP contribution in [-0.4, -0.2) is 23.1 Å². The molecule has 5 heteroatoms. The summed E-state index contributed by atoms with van der Waals surface area (Å²) in [6.45, 7) is 9.44. The lowest BCUT2D eigenvalue weighted by atomic mass is 10.1. The SMILES string of the molecule is CC(C)[C@@H](CBr)ONC(=O)OC(C)(C)C. The molecule has 1 amide bonds. The number of ether oxygens (including phenoxy) is 1. The monoisotopic (exact) mass is 281 g/mol. The van der Waals surface area contributed by atoms with Gasteiger partial charge in [0.1, 0.15) is 5.60 Å². The van der Waals surface area contributed by atoms with Crippen LogP contribution < -0.4 is 5.48 Å². The zero-order valence-electron chi connectivity index (χ0n) is 9.96. The van der Waals surface area contributed by atoms with Gasteiger partial charge in [0, 0.05) is 5.33 Å². The molecule has 0 saturated heterocycles. The molecule has 0 fully saturated rings. The van der Waals surface area contributed by atoms with Gasteiger partial charge in [0.25, 0.3) is 0 Å². The first-order valence-electron chi connectivity index (χ1n) is 4.97. The van der Waals surface area contributed by atoms with Crippen molar-refractivity contribution >= 4 is 22.0 Å². The lowest BCUT2D eigenvalue weighted by Crippen LogP contribution is -2.37. The Balaban J connectivity index is 3.89. The van der Waals surface area contributed by atoms with Gasteiger partial charge in [-0.1, -0.05) is 29.8 Å². The van der Waals surface area contributed by atoms with E-state index in [0.717, 1.165) is 0 Å². The lowest BCUT2D eigenvalue weighted by molar-refractivity contribution is -0.0481. The fourth-order valence-corrected chi connectivity index (χ4v) is 1.65. The summed E-state index contributed by atoms with van der Waals surface area (Å²) in [5.41, 5.74) is 1.78. The fraction of sp³-hybridized carbons (Fsp3) is 0.900. The van der Waals surface area contributed by atoms with E-state index < -0.39 is 11.7 Å². The van der Waals surface area contributed by atoms with Crippen molar-refractivity contribution < 1.29 is 14.4 Å². The van der Waals surface area contributed by atoms with Crippen LogP contribution in [0.5, 0.6) is 0 Å². The molecule has 0 unspecified atom stereocenters. The Bertz CT molecular complexity index is 201. The van der Waals surface area contributed by atoms with E-state index in [1.807, 2.05) is 13.8 Å². The summed E-state index contributed by atoms with van der Waals surface area (Å²) in [4.78, 5) is 16.4. The third-order valence-electron chi connectivity index (χ3n) is 1.59. The van der Waals surface area contributed by atoms with Gasteiger partial charge in [0.05, 0.1) is 6.10 Å². The quantitative estimate of drug-likeness (QED) is 0.637. The molecule has 15 heavy (non-hydrogen) atoms. The number of hydroxylamine groups is 1. The largest absolute Gasteiger partial charge is 0.442 e. The highest BCUT2D eigenvalue weighted by Gasteiger charge is 2.18. The van der Waals surface area contributed by atoms with Gasteiger partial charge < -0.3 is 4.74 Å². The minimum Gasteiger partial charge on any atom is -0.442 e. The van der Waals surface area contributed by atoms with Crippen LogP contribution in [-0.2, 0) is 9.57 Å². The molecule has 0 spiro atoms. The Morgan fingerprint density at radius 2 is 1.93 bits per heavy atom. The van der Waals surface area contributed by atoms with Crippen LogP contribution in [0.15, 0.2) is 0 Å². The summed E-state index contributed by atoms with van der Waals surface area (Å²) in [6, 6.07) is 0. The van der Waals surface area contributed by atoms with E-state index in [1.54, 1.807) is 20.8 Å². The van der Waals surface area contributed by atoms with Gasteiger partial charge in [0.2, 0.25) is 0 Å². The van der Waals surface area contributed by atoms with Crippen LogP contribution in [0.1, 0.15) is 34.6 Å². The van der Waals surface area contributed by atoms with Crippen molar-refractivity contribution in [1.82, 2.24) is 5.48 Å². The van der Waals surface area contributed by atoms with E-state index in [0.29, 0.717) is 11.2 Å². The molecule has 0 aliphatic heterocycles. The number of carbonyl (C=O) groups excluding carboxylic acids is 1. The number of hydrogen-bond acceptors (Lipinski definition) is 3. The Morgan fingerprint density at radius 1 is 1.40 bits per heavy atom. The molecule has 0 aliphatic rings. The summed E-state index contributed by atoms with van der Waals surface area (Å²) < 4.78 is 5.02. The molecule has 0 radical (unpaired) electrons. The molecule has 0 saturated carbocycles. The lowest BCUT2D eigenvalue weighted by Gasteiger charge is -2.22. The van der Waals surface area contributed by atoms with E-state index in [1.165, 1.54) is 0 Å². The normalized spacial score (nSPS) is 13.8. The predicted molar refractivity (Wildman–Crippen MR) is 62.9 cm³/mol. The number of nitrogens with one attached hydrogen (secondary N) is 1. The van der Waals surface area contributed by atoms with Crippen molar-refractivity contribution in [1.29, 1.82) is 0 Å². The molecule has 0 aliphatic carbocycles. The topological polar surface area (TPSA) is 47.6 Å². The third kappa shape index (κ3) is 7.62. The molecule has 0 bridgehead atoms. The molecule has 90 valence electrons. The Labute approximate surface area is 99.8 Å². The second kappa shape index (κ2) is 6.33. The van der Waals surface area contributed by atoms with E-state index >= 15 is 0 Å². The molecule has 1 atom stereocenters. The fourth-order valence-electron chi connectivity index (χ4n) is 0.768.